The molecule has 1 N–H and O–H groups in total. The molecule has 0 aliphatic heterocycles. The van der Waals surface area contributed by atoms with Crippen LogP contribution in [0.3, 0.4) is 0 Å². The van der Waals surface area contributed by atoms with E-state index in [1.807, 2.05) is 0 Å². The number of fused-ring (bicyclic) bond motifs is 1. The molecule has 1 nitrogen and oxygen atoms in total. The highest BCUT2D eigenvalue weighted by atomic mass is 14.9. The second kappa shape index (κ2) is 5.47. The summed E-state index contributed by atoms with van der Waals surface area (Å²) in [6, 6.07) is 15.8. The zero-order chi connectivity index (χ0) is 14.0. The smallest absolute Gasteiger partial charge is 0.0422 e. The lowest BCUT2D eigenvalue weighted by Crippen LogP contribution is -2.25. The fourth-order valence-electron chi connectivity index (χ4n) is 3.56. The minimum absolute atomic E-state index is 0.471. The number of anilines is 1. The molecule has 0 aromatic heterocycles. The summed E-state index contributed by atoms with van der Waals surface area (Å²) in [4.78, 5) is 0. The lowest BCUT2D eigenvalue weighted by atomic mass is 9.83. The summed E-state index contributed by atoms with van der Waals surface area (Å²) in [6.45, 7) is 4.83. The average molecular weight is 267 g/mol. The van der Waals surface area contributed by atoms with E-state index in [2.05, 4.69) is 61.6 Å². The minimum atomic E-state index is 0.471. The highest BCUT2D eigenvalue weighted by Crippen LogP contribution is 2.36. The topological polar surface area (TPSA) is 12.0 Å². The Bertz CT molecular complexity index is 580. The number of hydrogen-bond acceptors (Lipinski definition) is 1. The number of benzene rings is 2. The van der Waals surface area contributed by atoms with Crippen LogP contribution in [0.1, 0.15) is 46.0 Å². The van der Waals surface area contributed by atoms with Gasteiger partial charge in [-0.1, -0.05) is 63.1 Å². The first kappa shape index (κ1) is 13.5. The predicted octanol–water partition coefficient (Wildman–Crippen LogP) is 5.61. The second-order valence-electron chi connectivity index (χ2n) is 6.98. The van der Waals surface area contributed by atoms with Gasteiger partial charge in [0.05, 0.1) is 0 Å². The molecule has 1 saturated carbocycles. The van der Waals surface area contributed by atoms with E-state index in [0.717, 1.165) is 0 Å². The van der Waals surface area contributed by atoms with E-state index in [-0.39, 0.29) is 0 Å². The molecule has 0 spiro atoms. The quantitative estimate of drug-likeness (QED) is 0.697. The number of nitrogens with one attached hydrogen (secondary N) is 1. The van der Waals surface area contributed by atoms with Crippen molar-refractivity contribution in [3.05, 3.63) is 42.5 Å². The molecule has 0 radical (unpaired) electrons. The molecule has 2 aromatic carbocycles. The molecule has 106 valence electrons. The highest BCUT2D eigenvalue weighted by Gasteiger charge is 2.26. The third-order valence-corrected chi connectivity index (χ3v) is 4.60. The molecule has 0 amide bonds. The lowest BCUT2D eigenvalue weighted by molar-refractivity contribution is 0.305. The van der Waals surface area contributed by atoms with E-state index in [0.29, 0.717) is 11.5 Å². The van der Waals surface area contributed by atoms with E-state index < -0.39 is 0 Å². The first-order valence-electron chi connectivity index (χ1n) is 7.88. The second-order valence-corrected chi connectivity index (χ2v) is 6.98. The van der Waals surface area contributed by atoms with Gasteiger partial charge in [-0.3, -0.25) is 0 Å². The van der Waals surface area contributed by atoms with E-state index in [1.165, 1.54) is 48.6 Å². The average Bonchev–Trinajstić information content (AvgIpc) is 2.60. The van der Waals surface area contributed by atoms with Crippen LogP contribution in [0.15, 0.2) is 42.5 Å². The van der Waals surface area contributed by atoms with Crippen molar-refractivity contribution in [2.45, 2.75) is 52.0 Å². The van der Waals surface area contributed by atoms with Crippen molar-refractivity contribution < 1.29 is 0 Å². The Morgan fingerprint density at radius 1 is 1.00 bits per heavy atom. The third kappa shape index (κ3) is 2.98. The SMILES string of the molecule is CC1(C)CCCCC(Nc2cccc3ccccc23)C1. The van der Waals surface area contributed by atoms with Gasteiger partial charge in [-0.05, 0) is 36.1 Å². The summed E-state index contributed by atoms with van der Waals surface area (Å²) in [7, 11) is 0. The maximum absolute atomic E-state index is 3.82. The van der Waals surface area contributed by atoms with Gasteiger partial charge in [0.25, 0.3) is 0 Å². The van der Waals surface area contributed by atoms with Crippen LogP contribution < -0.4 is 5.32 Å². The summed E-state index contributed by atoms with van der Waals surface area (Å²) in [5.41, 5.74) is 1.77. The van der Waals surface area contributed by atoms with Gasteiger partial charge in [0, 0.05) is 17.1 Å². The van der Waals surface area contributed by atoms with Crippen LogP contribution in [0.5, 0.6) is 0 Å². The summed E-state index contributed by atoms with van der Waals surface area (Å²) in [6.07, 6.45) is 6.66. The van der Waals surface area contributed by atoms with Crippen molar-refractivity contribution in [3.8, 4) is 0 Å². The Morgan fingerprint density at radius 3 is 2.70 bits per heavy atom. The highest BCUT2D eigenvalue weighted by molar-refractivity contribution is 5.93. The molecular formula is C19H25N. The Hall–Kier alpha value is -1.50. The lowest BCUT2D eigenvalue weighted by Gasteiger charge is -2.28. The predicted molar refractivity (Wildman–Crippen MR) is 88.2 cm³/mol. The maximum atomic E-state index is 3.82. The molecule has 1 atom stereocenters. The van der Waals surface area contributed by atoms with Crippen molar-refractivity contribution in [2.75, 3.05) is 5.32 Å². The summed E-state index contributed by atoms with van der Waals surface area (Å²) >= 11 is 0. The molecule has 2 aromatic rings. The number of hydrogen-bond donors (Lipinski definition) is 1. The molecule has 0 bridgehead atoms. The van der Waals surface area contributed by atoms with Gasteiger partial charge >= 0.3 is 0 Å². The van der Waals surface area contributed by atoms with E-state index >= 15 is 0 Å². The Morgan fingerprint density at radius 2 is 1.80 bits per heavy atom. The normalized spacial score (nSPS) is 22.4. The molecular weight excluding hydrogens is 242 g/mol. The van der Waals surface area contributed by atoms with Crippen molar-refractivity contribution in [1.82, 2.24) is 0 Å². The van der Waals surface area contributed by atoms with Crippen LogP contribution in [0.4, 0.5) is 5.69 Å². The van der Waals surface area contributed by atoms with Crippen LogP contribution in [0.25, 0.3) is 10.8 Å². The van der Waals surface area contributed by atoms with Crippen molar-refractivity contribution in [1.29, 1.82) is 0 Å². The molecule has 3 rings (SSSR count). The van der Waals surface area contributed by atoms with Crippen LogP contribution in [-0.4, -0.2) is 6.04 Å². The van der Waals surface area contributed by atoms with Gasteiger partial charge in [0.2, 0.25) is 0 Å². The summed E-state index contributed by atoms with van der Waals surface area (Å²) in [5.74, 6) is 0. The molecule has 1 unspecified atom stereocenters. The standard InChI is InChI=1S/C19H25N/c1-19(2)13-6-5-10-16(14-19)20-18-12-7-9-15-8-3-4-11-17(15)18/h3-4,7-9,11-12,16,20H,5-6,10,13-14H2,1-2H3. The molecule has 1 fully saturated rings. The van der Waals surface area contributed by atoms with Crippen LogP contribution in [0, 0.1) is 5.41 Å². The van der Waals surface area contributed by atoms with Crippen molar-refractivity contribution in [2.24, 2.45) is 5.41 Å². The van der Waals surface area contributed by atoms with Gasteiger partial charge in [-0.15, -0.1) is 0 Å². The van der Waals surface area contributed by atoms with Gasteiger partial charge in [-0.25, -0.2) is 0 Å². The van der Waals surface area contributed by atoms with Gasteiger partial charge in [-0.2, -0.15) is 0 Å². The molecule has 1 aliphatic rings. The zero-order valence-corrected chi connectivity index (χ0v) is 12.7. The fourth-order valence-corrected chi connectivity index (χ4v) is 3.56. The fraction of sp³-hybridized carbons (Fsp3) is 0.474. The van der Waals surface area contributed by atoms with Crippen molar-refractivity contribution in [3.63, 3.8) is 0 Å². The maximum Gasteiger partial charge on any atom is 0.0422 e. The Labute approximate surface area is 122 Å². The largest absolute Gasteiger partial charge is 0.382 e. The molecule has 1 heteroatoms. The van der Waals surface area contributed by atoms with Gasteiger partial charge in [0.1, 0.15) is 0 Å². The monoisotopic (exact) mass is 267 g/mol. The van der Waals surface area contributed by atoms with E-state index in [4.69, 9.17) is 0 Å². The third-order valence-electron chi connectivity index (χ3n) is 4.60. The molecule has 1 aliphatic carbocycles. The Balaban J connectivity index is 1.85. The van der Waals surface area contributed by atoms with Gasteiger partial charge in [0.15, 0.2) is 0 Å². The first-order chi connectivity index (χ1) is 9.64. The zero-order valence-electron chi connectivity index (χ0n) is 12.7. The summed E-state index contributed by atoms with van der Waals surface area (Å²) < 4.78 is 0. The van der Waals surface area contributed by atoms with Crippen LogP contribution >= 0.6 is 0 Å². The Kier molecular flexibility index (Phi) is 3.69. The minimum Gasteiger partial charge on any atom is -0.382 e. The van der Waals surface area contributed by atoms with Crippen LogP contribution in [0.2, 0.25) is 0 Å². The molecule has 0 saturated heterocycles. The summed E-state index contributed by atoms with van der Waals surface area (Å²) in [5, 5.41) is 6.49. The number of rotatable bonds is 2. The molecule has 0 heterocycles. The molecule has 20 heavy (non-hydrogen) atoms. The first-order valence-corrected chi connectivity index (χ1v) is 7.88. The van der Waals surface area contributed by atoms with Crippen LogP contribution in [-0.2, 0) is 0 Å². The van der Waals surface area contributed by atoms with Gasteiger partial charge < -0.3 is 5.32 Å². The van der Waals surface area contributed by atoms with Crippen molar-refractivity contribution >= 4 is 16.5 Å². The van der Waals surface area contributed by atoms with E-state index in [1.54, 1.807) is 0 Å². The van der Waals surface area contributed by atoms with E-state index in [9.17, 15) is 0 Å².